The van der Waals surface area contributed by atoms with Gasteiger partial charge in [-0.3, -0.25) is 9.59 Å². The molecule has 0 radical (unpaired) electrons. The number of benzene rings is 2. The van der Waals surface area contributed by atoms with E-state index in [1.54, 1.807) is 36.4 Å². The van der Waals surface area contributed by atoms with E-state index in [-0.39, 0.29) is 12.2 Å². The molecule has 26 heavy (non-hydrogen) atoms. The number of carboxylic acid groups (broad SMARTS) is 1. The minimum Gasteiger partial charge on any atom is -0.497 e. The van der Waals surface area contributed by atoms with Crippen molar-refractivity contribution in [3.63, 3.8) is 0 Å². The zero-order valence-electron chi connectivity index (χ0n) is 14.2. The first kappa shape index (κ1) is 19.0. The maximum atomic E-state index is 12.2. The number of carboxylic acids is 1. The topological polar surface area (TPSA) is 102 Å². The average Bonchev–Trinajstić information content (AvgIpc) is 2.66. The zero-order valence-corrected chi connectivity index (χ0v) is 14.2. The zero-order chi connectivity index (χ0) is 18.9. The second kappa shape index (κ2) is 9.22. The highest BCUT2D eigenvalue weighted by Crippen LogP contribution is 2.13. The Hall–Kier alpha value is -3.35. The average molecular weight is 357 g/mol. The van der Waals surface area contributed by atoms with Crippen molar-refractivity contribution in [3.05, 3.63) is 65.7 Å². The number of hydrogen-bond acceptors (Lipinski definition) is 5. The highest BCUT2D eigenvalue weighted by molar-refractivity contribution is 5.97. The summed E-state index contributed by atoms with van der Waals surface area (Å²) >= 11 is 0. The molecule has 1 unspecified atom stereocenters. The van der Waals surface area contributed by atoms with E-state index in [9.17, 15) is 19.5 Å². The largest absolute Gasteiger partial charge is 0.497 e. The Balaban J connectivity index is 1.94. The van der Waals surface area contributed by atoms with Gasteiger partial charge >= 0.3 is 11.9 Å². The van der Waals surface area contributed by atoms with E-state index in [1.807, 2.05) is 6.07 Å². The molecule has 136 valence electrons. The SMILES string of the molecule is COc1cccc(C(=O)NC(CC(=O)OCc2ccccc2)C(=O)O)c1. The van der Waals surface area contributed by atoms with Crippen LogP contribution in [0.4, 0.5) is 0 Å². The molecule has 2 aromatic rings. The minimum atomic E-state index is -1.39. The Bertz CT molecular complexity index is 775. The van der Waals surface area contributed by atoms with Crippen LogP contribution >= 0.6 is 0 Å². The molecule has 1 amide bonds. The predicted molar refractivity (Wildman–Crippen MR) is 92.7 cm³/mol. The van der Waals surface area contributed by atoms with Gasteiger partial charge in [0.25, 0.3) is 5.91 Å². The van der Waals surface area contributed by atoms with E-state index < -0.39 is 30.3 Å². The predicted octanol–water partition coefficient (Wildman–Crippen LogP) is 2.01. The first-order chi connectivity index (χ1) is 12.5. The molecule has 7 heteroatoms. The van der Waals surface area contributed by atoms with Gasteiger partial charge in [0.2, 0.25) is 0 Å². The number of amides is 1. The van der Waals surface area contributed by atoms with Crippen LogP contribution in [0.1, 0.15) is 22.3 Å². The normalized spacial score (nSPS) is 11.3. The van der Waals surface area contributed by atoms with Gasteiger partial charge in [0.1, 0.15) is 18.4 Å². The first-order valence-electron chi connectivity index (χ1n) is 7.87. The quantitative estimate of drug-likeness (QED) is 0.701. The summed E-state index contributed by atoms with van der Waals surface area (Å²) in [6.07, 6.45) is -0.474. The molecule has 0 heterocycles. The number of ether oxygens (including phenoxy) is 2. The Labute approximate surface area is 150 Å². The minimum absolute atomic E-state index is 0.0375. The number of carbonyl (C=O) groups is 3. The second-order valence-electron chi connectivity index (χ2n) is 5.45. The van der Waals surface area contributed by atoms with Crippen molar-refractivity contribution in [1.29, 1.82) is 0 Å². The van der Waals surface area contributed by atoms with Gasteiger partial charge in [-0.2, -0.15) is 0 Å². The molecule has 0 aliphatic rings. The summed E-state index contributed by atoms with van der Waals surface area (Å²) < 4.78 is 10.1. The lowest BCUT2D eigenvalue weighted by molar-refractivity contribution is -0.150. The maximum absolute atomic E-state index is 12.2. The molecule has 1 atom stereocenters. The standard InChI is InChI=1S/C19H19NO6/c1-25-15-9-5-8-14(10-15)18(22)20-16(19(23)24)11-17(21)26-12-13-6-3-2-4-7-13/h2-10,16H,11-12H2,1H3,(H,20,22)(H,23,24). The molecule has 0 aliphatic heterocycles. The van der Waals surface area contributed by atoms with Crippen molar-refractivity contribution < 1.29 is 29.0 Å². The molecule has 0 saturated heterocycles. The number of hydrogen-bond donors (Lipinski definition) is 2. The number of carbonyl (C=O) groups excluding carboxylic acids is 2. The Kier molecular flexibility index (Phi) is 6.73. The molecule has 0 saturated carbocycles. The summed E-state index contributed by atoms with van der Waals surface area (Å²) in [4.78, 5) is 35.5. The van der Waals surface area contributed by atoms with E-state index in [4.69, 9.17) is 9.47 Å². The van der Waals surface area contributed by atoms with Gasteiger partial charge in [-0.05, 0) is 23.8 Å². The third kappa shape index (κ3) is 5.62. The molecule has 0 aromatic heterocycles. The monoisotopic (exact) mass is 357 g/mol. The number of rotatable bonds is 8. The van der Waals surface area contributed by atoms with Crippen LogP contribution in [0.5, 0.6) is 5.75 Å². The van der Waals surface area contributed by atoms with E-state index >= 15 is 0 Å². The van der Waals surface area contributed by atoms with E-state index in [0.29, 0.717) is 5.75 Å². The smallest absolute Gasteiger partial charge is 0.326 e. The van der Waals surface area contributed by atoms with Crippen LogP contribution < -0.4 is 10.1 Å². The Morgan fingerprint density at radius 2 is 1.81 bits per heavy atom. The molecular formula is C19H19NO6. The van der Waals surface area contributed by atoms with Crippen LogP contribution in [0.2, 0.25) is 0 Å². The van der Waals surface area contributed by atoms with Crippen molar-refractivity contribution in [1.82, 2.24) is 5.32 Å². The lowest BCUT2D eigenvalue weighted by Crippen LogP contribution is -2.42. The lowest BCUT2D eigenvalue weighted by atomic mass is 10.1. The molecule has 2 rings (SSSR count). The van der Waals surface area contributed by atoms with Crippen molar-refractivity contribution in [2.75, 3.05) is 7.11 Å². The molecule has 0 bridgehead atoms. The van der Waals surface area contributed by atoms with Gasteiger partial charge in [-0.25, -0.2) is 4.79 Å². The Morgan fingerprint density at radius 3 is 2.46 bits per heavy atom. The van der Waals surface area contributed by atoms with Crippen molar-refractivity contribution in [2.24, 2.45) is 0 Å². The van der Waals surface area contributed by atoms with E-state index in [2.05, 4.69) is 5.32 Å². The van der Waals surface area contributed by atoms with Crippen LogP contribution in [0.15, 0.2) is 54.6 Å². The molecule has 0 aliphatic carbocycles. The molecule has 2 aromatic carbocycles. The third-order valence-electron chi connectivity index (χ3n) is 3.55. The second-order valence-corrected chi connectivity index (χ2v) is 5.45. The highest BCUT2D eigenvalue weighted by atomic mass is 16.5. The van der Waals surface area contributed by atoms with Gasteiger partial charge < -0.3 is 19.9 Å². The molecule has 2 N–H and O–H groups in total. The van der Waals surface area contributed by atoms with Crippen LogP contribution in [0, 0.1) is 0 Å². The van der Waals surface area contributed by atoms with Gasteiger partial charge in [0, 0.05) is 5.56 Å². The molecule has 7 nitrogen and oxygen atoms in total. The van der Waals surface area contributed by atoms with Crippen LogP contribution in [0.3, 0.4) is 0 Å². The summed E-state index contributed by atoms with van der Waals surface area (Å²) in [6, 6.07) is 13.9. The number of nitrogens with one attached hydrogen (secondary N) is 1. The maximum Gasteiger partial charge on any atom is 0.326 e. The first-order valence-corrected chi connectivity index (χ1v) is 7.87. The highest BCUT2D eigenvalue weighted by Gasteiger charge is 2.24. The number of aliphatic carboxylic acids is 1. The Morgan fingerprint density at radius 1 is 1.08 bits per heavy atom. The fourth-order valence-electron chi connectivity index (χ4n) is 2.17. The third-order valence-corrected chi connectivity index (χ3v) is 3.55. The van der Waals surface area contributed by atoms with Crippen LogP contribution in [0.25, 0.3) is 0 Å². The summed E-state index contributed by atoms with van der Waals surface area (Å²) in [5, 5.41) is 11.6. The fourth-order valence-corrected chi connectivity index (χ4v) is 2.17. The summed E-state index contributed by atoms with van der Waals surface area (Å²) in [5.41, 5.74) is 1.02. The molecule has 0 spiro atoms. The van der Waals surface area contributed by atoms with Gasteiger partial charge in [-0.15, -0.1) is 0 Å². The molecular weight excluding hydrogens is 338 g/mol. The van der Waals surface area contributed by atoms with Gasteiger partial charge in [-0.1, -0.05) is 36.4 Å². The number of methoxy groups -OCH3 is 1. The van der Waals surface area contributed by atoms with E-state index in [1.165, 1.54) is 19.2 Å². The summed E-state index contributed by atoms with van der Waals surface area (Å²) in [5.74, 6) is -2.19. The van der Waals surface area contributed by atoms with Crippen molar-refractivity contribution in [2.45, 2.75) is 19.1 Å². The van der Waals surface area contributed by atoms with Crippen molar-refractivity contribution >= 4 is 17.8 Å². The lowest BCUT2D eigenvalue weighted by Gasteiger charge is -2.14. The van der Waals surface area contributed by atoms with Gasteiger partial charge in [0.05, 0.1) is 13.5 Å². The van der Waals surface area contributed by atoms with Crippen molar-refractivity contribution in [3.8, 4) is 5.75 Å². The van der Waals surface area contributed by atoms with Crippen LogP contribution in [-0.4, -0.2) is 36.1 Å². The molecule has 0 fully saturated rings. The summed E-state index contributed by atoms with van der Waals surface area (Å²) in [7, 11) is 1.46. The number of esters is 1. The fraction of sp³-hybridized carbons (Fsp3) is 0.211. The van der Waals surface area contributed by atoms with Gasteiger partial charge in [0.15, 0.2) is 0 Å². The summed E-state index contributed by atoms with van der Waals surface area (Å²) in [6.45, 7) is 0.0375. The van der Waals surface area contributed by atoms with E-state index in [0.717, 1.165) is 5.56 Å². The van der Waals surface area contributed by atoms with Crippen LogP contribution in [-0.2, 0) is 20.9 Å².